The van der Waals surface area contributed by atoms with Gasteiger partial charge in [0.25, 0.3) is 0 Å². The molecule has 0 aliphatic carbocycles. The second kappa shape index (κ2) is 7.84. The van der Waals surface area contributed by atoms with Crippen molar-refractivity contribution in [1.82, 2.24) is 4.90 Å². The molecule has 0 saturated carbocycles. The lowest BCUT2D eigenvalue weighted by Gasteiger charge is -2.23. The number of amides is 1. The number of carbonyl (C=O) groups excluding carboxylic acids is 1. The summed E-state index contributed by atoms with van der Waals surface area (Å²) in [4.78, 5) is 24.0. The standard InChI is InChI=1S/C12H21NO4/c1-9(2)7-11(15)13(5-4-6-14)8-10(3)12(16)17/h7,10,14H,4-6,8H2,1-3H3,(H,16,17). The van der Waals surface area contributed by atoms with Crippen LogP contribution in [0.3, 0.4) is 0 Å². The Morgan fingerprint density at radius 1 is 1.35 bits per heavy atom. The molecule has 0 saturated heterocycles. The highest BCUT2D eigenvalue weighted by Gasteiger charge is 2.18. The average Bonchev–Trinajstić information content (AvgIpc) is 2.22. The molecule has 0 aromatic carbocycles. The van der Waals surface area contributed by atoms with Gasteiger partial charge in [0, 0.05) is 25.8 Å². The summed E-state index contributed by atoms with van der Waals surface area (Å²) in [5, 5.41) is 17.6. The van der Waals surface area contributed by atoms with Gasteiger partial charge in [0.1, 0.15) is 0 Å². The third kappa shape index (κ3) is 6.73. The quantitative estimate of drug-likeness (QED) is 0.651. The van der Waals surface area contributed by atoms with Crippen LogP contribution >= 0.6 is 0 Å². The molecule has 2 N–H and O–H groups in total. The van der Waals surface area contributed by atoms with E-state index in [9.17, 15) is 9.59 Å². The largest absolute Gasteiger partial charge is 0.481 e. The summed E-state index contributed by atoms with van der Waals surface area (Å²) >= 11 is 0. The molecule has 0 heterocycles. The summed E-state index contributed by atoms with van der Waals surface area (Å²) in [7, 11) is 0. The highest BCUT2D eigenvalue weighted by Crippen LogP contribution is 2.04. The van der Waals surface area contributed by atoms with Gasteiger partial charge in [-0.3, -0.25) is 9.59 Å². The van der Waals surface area contributed by atoms with Gasteiger partial charge in [0.2, 0.25) is 5.91 Å². The number of nitrogens with zero attached hydrogens (tertiary/aromatic N) is 1. The van der Waals surface area contributed by atoms with Crippen LogP contribution in [0.15, 0.2) is 11.6 Å². The van der Waals surface area contributed by atoms with Gasteiger partial charge in [0.15, 0.2) is 0 Å². The van der Waals surface area contributed by atoms with Gasteiger partial charge in [-0.05, 0) is 20.3 Å². The van der Waals surface area contributed by atoms with Crippen LogP contribution in [0.1, 0.15) is 27.2 Å². The number of carboxylic acid groups (broad SMARTS) is 1. The maximum atomic E-state index is 11.8. The first-order valence-electron chi connectivity index (χ1n) is 5.66. The van der Waals surface area contributed by atoms with Crippen molar-refractivity contribution in [3.63, 3.8) is 0 Å². The number of hydrogen-bond donors (Lipinski definition) is 2. The van der Waals surface area contributed by atoms with E-state index in [0.29, 0.717) is 13.0 Å². The molecule has 0 aliphatic heterocycles. The van der Waals surface area contributed by atoms with Crippen LogP contribution in [0.5, 0.6) is 0 Å². The summed E-state index contributed by atoms with van der Waals surface area (Å²) in [5.41, 5.74) is 0.868. The maximum Gasteiger partial charge on any atom is 0.308 e. The van der Waals surface area contributed by atoms with E-state index >= 15 is 0 Å². The second-order valence-corrected chi connectivity index (χ2v) is 4.32. The Balaban J connectivity index is 4.58. The van der Waals surface area contributed by atoms with E-state index in [1.807, 2.05) is 13.8 Å². The van der Waals surface area contributed by atoms with Crippen molar-refractivity contribution in [2.24, 2.45) is 5.92 Å². The Hall–Kier alpha value is -1.36. The SMILES string of the molecule is CC(C)=CC(=O)N(CCCO)CC(C)C(=O)O. The topological polar surface area (TPSA) is 77.8 Å². The van der Waals surface area contributed by atoms with Crippen LogP contribution in [0.4, 0.5) is 0 Å². The first-order chi connectivity index (χ1) is 7.88. The molecular formula is C12H21NO4. The van der Waals surface area contributed by atoms with Gasteiger partial charge in [-0.1, -0.05) is 12.5 Å². The van der Waals surface area contributed by atoms with E-state index in [1.165, 1.54) is 11.0 Å². The lowest BCUT2D eigenvalue weighted by molar-refractivity contribution is -0.142. The molecule has 0 aromatic heterocycles. The molecule has 17 heavy (non-hydrogen) atoms. The molecule has 0 aromatic rings. The lowest BCUT2D eigenvalue weighted by Crippen LogP contribution is -2.37. The Kier molecular flexibility index (Phi) is 7.21. The Labute approximate surface area is 102 Å². The van der Waals surface area contributed by atoms with Crippen LogP contribution in [-0.2, 0) is 9.59 Å². The van der Waals surface area contributed by atoms with Gasteiger partial charge in [-0.25, -0.2) is 0 Å². The summed E-state index contributed by atoms with van der Waals surface area (Å²) in [6.07, 6.45) is 1.93. The molecule has 0 spiro atoms. The van der Waals surface area contributed by atoms with Gasteiger partial charge in [-0.15, -0.1) is 0 Å². The van der Waals surface area contributed by atoms with Crippen molar-refractivity contribution in [3.8, 4) is 0 Å². The summed E-state index contributed by atoms with van der Waals surface area (Å²) in [6, 6.07) is 0. The molecule has 98 valence electrons. The third-order valence-electron chi connectivity index (χ3n) is 2.23. The maximum absolute atomic E-state index is 11.8. The number of carbonyl (C=O) groups is 2. The van der Waals surface area contributed by atoms with Crippen molar-refractivity contribution in [3.05, 3.63) is 11.6 Å². The molecule has 1 unspecified atom stereocenters. The van der Waals surface area contributed by atoms with Crippen molar-refractivity contribution >= 4 is 11.9 Å². The van der Waals surface area contributed by atoms with E-state index in [2.05, 4.69) is 0 Å². The highest BCUT2D eigenvalue weighted by molar-refractivity contribution is 5.88. The zero-order chi connectivity index (χ0) is 13.4. The smallest absolute Gasteiger partial charge is 0.308 e. The van der Waals surface area contributed by atoms with Gasteiger partial charge < -0.3 is 15.1 Å². The first-order valence-corrected chi connectivity index (χ1v) is 5.66. The molecule has 0 fully saturated rings. The zero-order valence-corrected chi connectivity index (χ0v) is 10.6. The van der Waals surface area contributed by atoms with Gasteiger partial charge >= 0.3 is 5.97 Å². The zero-order valence-electron chi connectivity index (χ0n) is 10.6. The molecule has 1 atom stereocenters. The molecule has 0 radical (unpaired) electrons. The van der Waals surface area contributed by atoms with E-state index in [-0.39, 0.29) is 19.1 Å². The summed E-state index contributed by atoms with van der Waals surface area (Å²) < 4.78 is 0. The number of aliphatic hydroxyl groups excluding tert-OH is 1. The van der Waals surface area contributed by atoms with E-state index in [0.717, 1.165) is 5.57 Å². The molecule has 0 bridgehead atoms. The van der Waals surface area contributed by atoms with Crippen LogP contribution in [0.25, 0.3) is 0 Å². The highest BCUT2D eigenvalue weighted by atomic mass is 16.4. The molecule has 5 nitrogen and oxygen atoms in total. The van der Waals surface area contributed by atoms with E-state index < -0.39 is 11.9 Å². The van der Waals surface area contributed by atoms with Crippen molar-refractivity contribution < 1.29 is 19.8 Å². The normalized spacial score (nSPS) is 11.8. The van der Waals surface area contributed by atoms with Gasteiger partial charge in [0.05, 0.1) is 5.92 Å². The van der Waals surface area contributed by atoms with Crippen molar-refractivity contribution in [1.29, 1.82) is 0 Å². The number of allylic oxidation sites excluding steroid dienone is 1. The Morgan fingerprint density at radius 2 is 1.94 bits per heavy atom. The first kappa shape index (κ1) is 15.6. The average molecular weight is 243 g/mol. The lowest BCUT2D eigenvalue weighted by atomic mass is 10.1. The molecule has 0 rings (SSSR count). The van der Waals surface area contributed by atoms with Gasteiger partial charge in [-0.2, -0.15) is 0 Å². The Morgan fingerprint density at radius 3 is 2.35 bits per heavy atom. The molecule has 5 heteroatoms. The number of rotatable bonds is 7. The molecule has 0 aliphatic rings. The minimum atomic E-state index is -0.927. The van der Waals surface area contributed by atoms with Crippen LogP contribution < -0.4 is 0 Å². The van der Waals surface area contributed by atoms with Crippen molar-refractivity contribution in [2.45, 2.75) is 27.2 Å². The fraction of sp³-hybridized carbons (Fsp3) is 0.667. The predicted molar refractivity (Wildman–Crippen MR) is 64.5 cm³/mol. The minimum absolute atomic E-state index is 0.0138. The van der Waals surface area contributed by atoms with Crippen LogP contribution in [-0.4, -0.2) is 46.7 Å². The van der Waals surface area contributed by atoms with E-state index in [4.69, 9.17) is 10.2 Å². The molecule has 1 amide bonds. The van der Waals surface area contributed by atoms with E-state index in [1.54, 1.807) is 6.92 Å². The van der Waals surface area contributed by atoms with Crippen LogP contribution in [0.2, 0.25) is 0 Å². The molecular weight excluding hydrogens is 222 g/mol. The Bertz CT molecular complexity index is 295. The number of hydrogen-bond acceptors (Lipinski definition) is 3. The second-order valence-electron chi connectivity index (χ2n) is 4.32. The van der Waals surface area contributed by atoms with Crippen LogP contribution in [0, 0.1) is 5.92 Å². The number of aliphatic carboxylic acids is 1. The third-order valence-corrected chi connectivity index (χ3v) is 2.23. The van der Waals surface area contributed by atoms with Crippen molar-refractivity contribution in [2.75, 3.05) is 19.7 Å². The minimum Gasteiger partial charge on any atom is -0.481 e. The summed E-state index contributed by atoms with van der Waals surface area (Å²) in [5.74, 6) is -1.74. The fourth-order valence-corrected chi connectivity index (χ4v) is 1.30. The summed E-state index contributed by atoms with van der Waals surface area (Å²) in [6.45, 7) is 5.70. The number of aliphatic hydroxyl groups is 1. The fourth-order valence-electron chi connectivity index (χ4n) is 1.30. The monoisotopic (exact) mass is 243 g/mol. The number of carboxylic acids is 1. The predicted octanol–water partition coefficient (Wildman–Crippen LogP) is 0.884.